The van der Waals surface area contributed by atoms with Gasteiger partial charge in [-0.25, -0.2) is 87.8 Å². The highest BCUT2D eigenvalue weighted by Gasteiger charge is 2.52. The van der Waals surface area contributed by atoms with Crippen LogP contribution >= 0.6 is 45.9 Å². The highest BCUT2D eigenvalue weighted by molar-refractivity contribution is 7.20. The van der Waals surface area contributed by atoms with Gasteiger partial charge in [0.1, 0.15) is 52.7 Å². The van der Waals surface area contributed by atoms with Gasteiger partial charge in [-0.05, 0) is 12.1 Å². The van der Waals surface area contributed by atoms with Crippen LogP contribution in [0.3, 0.4) is 0 Å². The summed E-state index contributed by atoms with van der Waals surface area (Å²) in [5.74, 6) is -71.4. The molecule has 62 heavy (non-hydrogen) atoms. The maximum Gasteiger partial charge on any atom is 0.381 e. The summed E-state index contributed by atoms with van der Waals surface area (Å²) in [5.41, 5.74) is -14.3. The largest absolute Gasteiger partial charge is 0.468 e. The summed E-state index contributed by atoms with van der Waals surface area (Å²) in [7, 11) is 0. The van der Waals surface area contributed by atoms with E-state index in [0.29, 0.717) is 0 Å². The molecular formula is C34H8BCl2F20IO2S2. The molecule has 0 aliphatic heterocycles. The number of thiophene rings is 2. The van der Waals surface area contributed by atoms with E-state index in [4.69, 9.17) is 32.7 Å². The smallest absolute Gasteiger partial charge is 0.381 e. The van der Waals surface area contributed by atoms with Crippen molar-refractivity contribution in [3.8, 4) is 10.1 Å². The normalized spacial score (nSPS) is 11.6. The first kappa shape index (κ1) is 48.9. The van der Waals surface area contributed by atoms with Crippen molar-refractivity contribution in [2.45, 2.75) is 0 Å². The lowest BCUT2D eigenvalue weighted by Crippen LogP contribution is -3.61. The summed E-state index contributed by atoms with van der Waals surface area (Å²) in [6, 6.07) is 8.52. The molecule has 0 amide bonds. The maximum atomic E-state index is 15.4. The molecule has 2 nitrogen and oxygen atoms in total. The molecule has 0 aliphatic rings. The summed E-state index contributed by atoms with van der Waals surface area (Å²) in [4.78, 5) is 0. The molecule has 6 rings (SSSR count). The lowest BCUT2D eigenvalue weighted by Gasteiger charge is -2.44. The molecule has 4 aromatic carbocycles. The molecule has 0 aliphatic carbocycles. The zero-order valence-corrected chi connectivity index (χ0v) is 33.9. The number of halogens is 23. The average Bonchev–Trinajstić information content (AvgIpc) is 3.89. The molecule has 0 saturated heterocycles. The van der Waals surface area contributed by atoms with Crippen molar-refractivity contribution >= 4 is 73.9 Å². The molecule has 0 radical (unpaired) electrons. The van der Waals surface area contributed by atoms with Crippen LogP contribution in [0.5, 0.6) is 10.1 Å². The van der Waals surface area contributed by atoms with Gasteiger partial charge in [0, 0.05) is 12.1 Å². The molecule has 6 aromatic rings. The zero-order valence-electron chi connectivity index (χ0n) is 28.6. The van der Waals surface area contributed by atoms with Crippen molar-refractivity contribution in [1.29, 1.82) is 0 Å². The molecule has 0 atom stereocenters. The first-order valence-corrected chi connectivity index (χ1v) is 20.3. The lowest BCUT2D eigenvalue weighted by molar-refractivity contribution is -0.585. The van der Waals surface area contributed by atoms with Gasteiger partial charge in [-0.1, -0.05) is 45.9 Å². The molecule has 0 bridgehead atoms. The predicted octanol–water partition coefficient (Wildman–Crippen LogP) is 6.93. The highest BCUT2D eigenvalue weighted by atomic mass is 127. The summed E-state index contributed by atoms with van der Waals surface area (Å²) in [5, 5.41) is 1.76. The molecule has 28 heteroatoms. The molecular weight excluding hydrogens is 1090 g/mol. The Morgan fingerprint density at radius 1 is 0.339 bits per heavy atom. The maximum absolute atomic E-state index is 15.4. The third-order valence-electron chi connectivity index (χ3n) is 8.38. The third kappa shape index (κ3) is 8.12. The zero-order chi connectivity index (χ0) is 46.4. The van der Waals surface area contributed by atoms with Crippen LogP contribution in [-0.2, 0) is 0 Å². The van der Waals surface area contributed by atoms with Gasteiger partial charge in [0.2, 0.25) is 0 Å². The van der Waals surface area contributed by atoms with Crippen LogP contribution in [0.4, 0.5) is 87.8 Å². The molecule has 0 spiro atoms. The first-order chi connectivity index (χ1) is 29.0. The van der Waals surface area contributed by atoms with Gasteiger partial charge in [-0.15, -0.1) is 21.9 Å². The van der Waals surface area contributed by atoms with E-state index in [1.165, 1.54) is 5.77 Å². The number of hydrogen-bond acceptors (Lipinski definition) is 4. The van der Waals surface area contributed by atoms with Crippen LogP contribution in [0.15, 0.2) is 24.3 Å². The minimum absolute atomic E-state index is 0.162. The Hall–Kier alpha value is -4.15. The number of benzene rings is 4. The van der Waals surface area contributed by atoms with Crippen molar-refractivity contribution < 1.29 is 118 Å². The molecule has 0 fully saturated rings. The van der Waals surface area contributed by atoms with Crippen LogP contribution in [0.1, 0.15) is 0 Å². The fourth-order valence-electron chi connectivity index (χ4n) is 5.93. The van der Waals surface area contributed by atoms with E-state index in [9.17, 15) is 52.7 Å². The first-order valence-electron chi connectivity index (χ1n) is 15.5. The van der Waals surface area contributed by atoms with Crippen LogP contribution in [0, 0.1) is 122 Å². The fraction of sp³-hybridized carbons (Fsp3) is 0.0588. The van der Waals surface area contributed by atoms with E-state index in [2.05, 4.69) is 12.1 Å². The summed E-state index contributed by atoms with van der Waals surface area (Å²) >= 11 is 14.2. The van der Waals surface area contributed by atoms with E-state index in [-0.39, 0.29) is 33.3 Å². The predicted molar refractivity (Wildman–Crippen MR) is 178 cm³/mol. The van der Waals surface area contributed by atoms with Gasteiger partial charge in [-0.3, -0.25) is 0 Å². The van der Waals surface area contributed by atoms with Crippen molar-refractivity contribution in [1.82, 2.24) is 0 Å². The summed E-state index contributed by atoms with van der Waals surface area (Å²) in [6.45, 7) is 0. The van der Waals surface area contributed by atoms with Crippen LogP contribution in [-0.4, -0.2) is 18.3 Å². The molecule has 2 aromatic heterocycles. The van der Waals surface area contributed by atoms with Gasteiger partial charge < -0.3 is 9.47 Å². The van der Waals surface area contributed by atoms with Crippen LogP contribution in [0.2, 0.25) is 0 Å². The third-order valence-corrected chi connectivity index (χ3v) is 14.3. The van der Waals surface area contributed by atoms with Gasteiger partial charge in [0.15, 0.2) is 92.1 Å². The van der Waals surface area contributed by atoms with E-state index in [0.717, 1.165) is 10.1 Å². The Morgan fingerprint density at radius 2 is 0.532 bits per heavy atom. The quantitative estimate of drug-likeness (QED) is 0.0371. The Bertz CT molecular complexity index is 2310. The minimum Gasteiger partial charge on any atom is -0.468 e. The summed E-state index contributed by atoms with van der Waals surface area (Å²) in [6.07, 6.45) is -7.22. The molecule has 332 valence electrons. The van der Waals surface area contributed by atoms with Crippen molar-refractivity contribution in [2.75, 3.05) is 12.1 Å². The van der Waals surface area contributed by atoms with Gasteiger partial charge in [0.25, 0.3) is 5.77 Å². The molecule has 0 unspecified atom stereocenters. The topological polar surface area (TPSA) is 18.5 Å². The monoisotopic (exact) mass is 1100 g/mol. The number of alkyl halides is 2. The Balaban J connectivity index is 0.000000355. The average molecular weight is 1100 g/mol. The Morgan fingerprint density at radius 3 is 0.726 bits per heavy atom. The van der Waals surface area contributed by atoms with Gasteiger partial charge >= 0.3 is 21.2 Å². The number of ether oxygens (including phenoxy) is 2. The fourth-order valence-corrected chi connectivity index (χ4v) is 12.2. The molecule has 0 saturated carbocycles. The second-order valence-corrected chi connectivity index (χ2v) is 18.4. The van der Waals surface area contributed by atoms with Gasteiger partial charge in [-0.2, -0.15) is 0 Å². The number of hydrogen-bond donors (Lipinski definition) is 0. The standard InChI is InChI=1S/C24BF20.C10H8Cl2IO2S2/c26-5-1(6(27)14(35)21(42)13(5)34)25(2-7(28)15(36)22(43)16(37)8(2)29,3-9(30)17(38)23(44)18(39)10(3)31)4-11(32)19(40)24(45)20(41)12(4)33;11-5-14-9-3-1-7(16-9)13-8-2-4-10(17-8)15-6-12/h;1-4H,5-6H2/q-1;+1. The van der Waals surface area contributed by atoms with Crippen LogP contribution < -0.4 is 52.5 Å². The van der Waals surface area contributed by atoms with Crippen molar-refractivity contribution in [3.63, 3.8) is 0 Å². The molecule has 0 N–H and O–H groups in total. The van der Waals surface area contributed by atoms with Crippen molar-refractivity contribution in [2.24, 2.45) is 0 Å². The Labute approximate surface area is 359 Å². The minimum atomic E-state index is -7.22. The number of rotatable bonds is 10. The lowest BCUT2D eigenvalue weighted by atomic mass is 9.12. The van der Waals surface area contributed by atoms with E-state index in [1.807, 2.05) is 12.1 Å². The van der Waals surface area contributed by atoms with Crippen molar-refractivity contribution in [3.05, 3.63) is 146 Å². The second-order valence-electron chi connectivity index (χ2n) is 11.5. The van der Waals surface area contributed by atoms with E-state index in [1.54, 1.807) is 22.7 Å². The summed E-state index contributed by atoms with van der Waals surface area (Å²) < 4.78 is 307. The SMILES string of the molecule is ClCOc1ccc([I+]c2ccc(OCCl)s2)s1.Fc1c(F)c(F)c([B-](c2c(F)c(F)c(F)c(F)c2F)(c2c(F)c(F)c(F)c(F)c2F)c2c(F)c(F)c(F)c(F)c2F)c(F)c1F. The van der Waals surface area contributed by atoms with E-state index < -0.39 is 144 Å². The van der Waals surface area contributed by atoms with E-state index >= 15 is 35.1 Å². The Kier molecular flexibility index (Phi) is 14.9. The van der Waals surface area contributed by atoms with Gasteiger partial charge in [0.05, 0.1) is 0 Å². The molecule has 2 heterocycles. The van der Waals surface area contributed by atoms with Crippen LogP contribution in [0.25, 0.3) is 0 Å². The highest BCUT2D eigenvalue weighted by Crippen LogP contribution is 2.31. The second kappa shape index (κ2) is 18.9.